The van der Waals surface area contributed by atoms with Gasteiger partial charge in [-0.1, -0.05) is 38.5 Å². The van der Waals surface area contributed by atoms with Crippen LogP contribution in [0.2, 0.25) is 0 Å². The average molecular weight is 563 g/mol. The van der Waals surface area contributed by atoms with Crippen molar-refractivity contribution in [2.75, 3.05) is 6.54 Å². The highest BCUT2D eigenvalue weighted by Crippen LogP contribution is 2.48. The van der Waals surface area contributed by atoms with Gasteiger partial charge in [0.15, 0.2) is 0 Å². The quantitative estimate of drug-likeness (QED) is 0.364. The number of ketones is 1. The Labute approximate surface area is 236 Å². The smallest absolute Gasteiger partial charge is 0.408 e. The molecule has 0 aromatic carbocycles. The number of hydrogen-bond acceptors (Lipinski definition) is 7. The van der Waals surface area contributed by atoms with Crippen molar-refractivity contribution in [3.05, 3.63) is 0 Å². The Morgan fingerprint density at radius 2 is 1.65 bits per heavy atom. The normalized spacial score (nSPS) is 27.8. The fraction of sp³-hybridized carbons (Fsp3) is 0.828. The lowest BCUT2D eigenvalue weighted by Gasteiger charge is -2.49. The maximum atomic E-state index is 14.2. The molecule has 2 heterocycles. The monoisotopic (exact) mass is 562 g/mol. The maximum Gasteiger partial charge on any atom is 0.408 e. The predicted octanol–water partition coefficient (Wildman–Crippen LogP) is 2.19. The first-order chi connectivity index (χ1) is 18.7. The third-order valence-electron chi connectivity index (χ3n) is 8.99. The Balaban J connectivity index is 1.59. The molecule has 4 rings (SSSR count). The van der Waals surface area contributed by atoms with E-state index in [-0.39, 0.29) is 36.3 Å². The molecule has 1 unspecified atom stereocenters. The molecule has 2 aliphatic heterocycles. The summed E-state index contributed by atoms with van der Waals surface area (Å²) < 4.78 is 11.5. The van der Waals surface area contributed by atoms with Gasteiger partial charge in [-0.25, -0.2) is 4.79 Å². The van der Waals surface area contributed by atoms with Gasteiger partial charge in [0.1, 0.15) is 17.7 Å². The van der Waals surface area contributed by atoms with Crippen LogP contribution in [-0.4, -0.2) is 76.5 Å². The molecule has 2 aliphatic carbocycles. The number of nitrogens with zero attached hydrogens (tertiary/aromatic N) is 1. The Kier molecular flexibility index (Phi) is 8.82. The topological polar surface area (TPSA) is 157 Å². The Morgan fingerprint density at radius 3 is 2.17 bits per heavy atom. The van der Waals surface area contributed by atoms with Gasteiger partial charge >= 0.3 is 6.09 Å². The molecule has 5 atom stereocenters. The van der Waals surface area contributed by atoms with E-state index in [0.717, 1.165) is 51.4 Å². The third kappa shape index (κ3) is 6.61. The molecule has 0 aromatic heterocycles. The highest BCUT2D eigenvalue weighted by Gasteiger charge is 2.63. The van der Waals surface area contributed by atoms with Crippen molar-refractivity contribution in [1.29, 1.82) is 0 Å². The lowest BCUT2D eigenvalue weighted by molar-refractivity contribution is -0.225. The van der Waals surface area contributed by atoms with E-state index in [1.807, 2.05) is 13.8 Å². The maximum absolute atomic E-state index is 14.2. The molecule has 2 saturated carbocycles. The summed E-state index contributed by atoms with van der Waals surface area (Å²) in [5.41, 5.74) is 3.91. The summed E-state index contributed by atoms with van der Waals surface area (Å²) in [6.45, 7) is 9.22. The zero-order valence-electron chi connectivity index (χ0n) is 24.5. The number of nitrogens with one attached hydrogen (secondary N) is 2. The molecular formula is C29H46N4O7. The first-order valence-electron chi connectivity index (χ1n) is 14.8. The van der Waals surface area contributed by atoms with Gasteiger partial charge in [-0.2, -0.15) is 0 Å². The molecule has 224 valence electrons. The minimum atomic E-state index is -1.09. The van der Waals surface area contributed by atoms with Crippen LogP contribution in [0.15, 0.2) is 0 Å². The van der Waals surface area contributed by atoms with E-state index in [1.165, 1.54) is 4.90 Å². The number of carbonyl (C=O) groups is 5. The van der Waals surface area contributed by atoms with E-state index in [4.69, 9.17) is 15.2 Å². The molecule has 4 N–H and O–H groups in total. The summed E-state index contributed by atoms with van der Waals surface area (Å²) in [4.78, 5) is 66.9. The summed E-state index contributed by atoms with van der Waals surface area (Å²) in [6.07, 6.45) is 6.75. The number of alkyl carbamates (subject to hydrolysis) is 1. The highest BCUT2D eigenvalue weighted by molar-refractivity contribution is 6.37. The number of rotatable bonds is 9. The molecule has 0 radical (unpaired) electrons. The molecule has 0 bridgehead atoms. The van der Waals surface area contributed by atoms with E-state index in [0.29, 0.717) is 6.42 Å². The van der Waals surface area contributed by atoms with Crippen molar-refractivity contribution >= 4 is 29.6 Å². The van der Waals surface area contributed by atoms with E-state index in [9.17, 15) is 24.0 Å². The molecule has 2 saturated heterocycles. The second-order valence-electron chi connectivity index (χ2n) is 13.6. The second kappa shape index (κ2) is 11.7. The number of primary amides is 1. The van der Waals surface area contributed by atoms with Crippen molar-refractivity contribution in [2.45, 2.75) is 128 Å². The molecule has 40 heavy (non-hydrogen) atoms. The number of Topliss-reactive ketones (excluding diaryl/α,β-unsaturated/α-hetero) is 1. The van der Waals surface area contributed by atoms with Gasteiger partial charge in [0.05, 0.1) is 17.7 Å². The SMILES string of the molecule is CC(C)(C)OC(=O)N[C@H](C(=O)N1C[C@@H]2OC(C)(C)[C@@H]2[C@H]1C(=O)NC(CC1CCC1)C(=O)C(N)=O)C1CCCCC1. The first-order valence-corrected chi connectivity index (χ1v) is 14.8. The number of carbonyl (C=O) groups excluding carboxylic acids is 5. The Bertz CT molecular complexity index is 1010. The van der Waals surface area contributed by atoms with Gasteiger partial charge < -0.3 is 30.7 Å². The number of ether oxygens (including phenoxy) is 2. The number of nitrogens with two attached hydrogens (primary N) is 1. The van der Waals surface area contributed by atoms with Crippen molar-refractivity contribution in [3.63, 3.8) is 0 Å². The summed E-state index contributed by atoms with van der Waals surface area (Å²) in [5.74, 6) is -2.94. The standard InChI is InChI=1S/C29H46N4O7/c1-28(2,3)40-27(38)32-21(17-12-7-6-8-13-17)26(37)33-15-19-20(29(4,5)39-19)22(33)25(36)31-18(23(34)24(30)35)14-16-10-9-11-16/h16-22H,6-15H2,1-5H3,(H2,30,35)(H,31,36)(H,32,38)/t18?,19-,20-,21-,22-/m0/s1. The molecular weight excluding hydrogens is 516 g/mol. The summed E-state index contributed by atoms with van der Waals surface area (Å²) in [5, 5.41) is 5.61. The van der Waals surface area contributed by atoms with E-state index in [1.54, 1.807) is 20.8 Å². The van der Waals surface area contributed by atoms with Gasteiger partial charge in [0, 0.05) is 12.5 Å². The van der Waals surface area contributed by atoms with Crippen LogP contribution in [0, 0.1) is 17.8 Å². The fourth-order valence-electron chi connectivity index (χ4n) is 6.87. The highest BCUT2D eigenvalue weighted by atomic mass is 16.6. The van der Waals surface area contributed by atoms with E-state index >= 15 is 0 Å². The van der Waals surface area contributed by atoms with Gasteiger partial charge in [-0.15, -0.1) is 0 Å². The van der Waals surface area contributed by atoms with Crippen LogP contribution >= 0.6 is 0 Å². The van der Waals surface area contributed by atoms with Crippen LogP contribution < -0.4 is 16.4 Å². The third-order valence-corrected chi connectivity index (χ3v) is 8.99. The summed E-state index contributed by atoms with van der Waals surface area (Å²) in [6, 6.07) is -2.81. The fourth-order valence-corrected chi connectivity index (χ4v) is 6.87. The van der Waals surface area contributed by atoms with Crippen LogP contribution in [0.5, 0.6) is 0 Å². The molecule has 11 heteroatoms. The zero-order valence-corrected chi connectivity index (χ0v) is 24.5. The molecule has 11 nitrogen and oxygen atoms in total. The molecule has 0 aromatic rings. The number of amides is 4. The molecule has 4 amide bonds. The van der Waals surface area contributed by atoms with Gasteiger partial charge in [0.25, 0.3) is 5.91 Å². The summed E-state index contributed by atoms with van der Waals surface area (Å²) >= 11 is 0. The zero-order chi connectivity index (χ0) is 29.4. The Morgan fingerprint density at radius 1 is 1.00 bits per heavy atom. The van der Waals surface area contributed by atoms with Gasteiger partial charge in [-0.3, -0.25) is 19.2 Å². The van der Waals surface area contributed by atoms with Crippen LogP contribution in [0.3, 0.4) is 0 Å². The Hall–Kier alpha value is -2.69. The van der Waals surface area contributed by atoms with Crippen molar-refractivity contribution in [3.8, 4) is 0 Å². The minimum Gasteiger partial charge on any atom is -0.444 e. The lowest BCUT2D eigenvalue weighted by atomic mass is 9.76. The van der Waals surface area contributed by atoms with Crippen LogP contribution in [0.4, 0.5) is 4.79 Å². The molecule has 4 aliphatic rings. The van der Waals surface area contributed by atoms with Gasteiger partial charge in [0.2, 0.25) is 17.6 Å². The second-order valence-corrected chi connectivity index (χ2v) is 13.6. The predicted molar refractivity (Wildman–Crippen MR) is 146 cm³/mol. The lowest BCUT2D eigenvalue weighted by Crippen LogP contribution is -2.63. The van der Waals surface area contributed by atoms with Crippen molar-refractivity contribution < 1.29 is 33.4 Å². The number of hydrogen-bond donors (Lipinski definition) is 3. The van der Waals surface area contributed by atoms with Crippen LogP contribution in [-0.2, 0) is 28.7 Å². The molecule has 0 spiro atoms. The number of fused-ring (bicyclic) bond motifs is 1. The molecule has 4 fully saturated rings. The first kappa shape index (κ1) is 30.3. The minimum absolute atomic E-state index is 0.0903. The summed E-state index contributed by atoms with van der Waals surface area (Å²) in [7, 11) is 0. The van der Waals surface area contributed by atoms with Crippen molar-refractivity contribution in [1.82, 2.24) is 15.5 Å². The van der Waals surface area contributed by atoms with Gasteiger partial charge in [-0.05, 0) is 65.7 Å². The van der Waals surface area contributed by atoms with E-state index in [2.05, 4.69) is 10.6 Å². The van der Waals surface area contributed by atoms with Crippen LogP contribution in [0.1, 0.15) is 92.4 Å². The number of likely N-dealkylation sites (tertiary alicyclic amines) is 1. The largest absolute Gasteiger partial charge is 0.444 e. The van der Waals surface area contributed by atoms with Crippen molar-refractivity contribution in [2.24, 2.45) is 23.5 Å². The average Bonchev–Trinajstić information content (AvgIpc) is 3.17. The van der Waals surface area contributed by atoms with E-state index < -0.39 is 53.0 Å². The van der Waals surface area contributed by atoms with Crippen LogP contribution in [0.25, 0.3) is 0 Å².